The summed E-state index contributed by atoms with van der Waals surface area (Å²) < 4.78 is 14.6. The number of hydrogen-bond acceptors (Lipinski definition) is 3. The number of nitrogens with two attached hydrogens (primary N) is 2. The van der Waals surface area contributed by atoms with Gasteiger partial charge in [0.2, 0.25) is 5.91 Å². The van der Waals surface area contributed by atoms with Crippen LogP contribution in [0.1, 0.15) is 25.3 Å². The summed E-state index contributed by atoms with van der Waals surface area (Å²) in [6.07, 6.45) is 1.77. The maximum Gasteiger partial charge on any atom is 0.236 e. The molecule has 20 heavy (non-hydrogen) atoms. The van der Waals surface area contributed by atoms with E-state index in [1.54, 1.807) is 17.0 Å². The molecule has 7 heteroatoms. The summed E-state index contributed by atoms with van der Waals surface area (Å²) >= 11 is 8.00. The SMILES string of the molecule is CCCCN(CC(N)=O)c1ccc(C(N)=S)c(Br)c1F. The van der Waals surface area contributed by atoms with Gasteiger partial charge in [-0.05, 0) is 34.5 Å². The maximum atomic E-state index is 14.4. The van der Waals surface area contributed by atoms with Crippen molar-refractivity contribution in [2.75, 3.05) is 18.0 Å². The number of unbranched alkanes of at least 4 members (excludes halogenated alkanes) is 1. The molecule has 110 valence electrons. The first-order chi connectivity index (χ1) is 9.38. The zero-order valence-electron chi connectivity index (χ0n) is 11.2. The molecule has 0 aliphatic carbocycles. The molecule has 0 aliphatic heterocycles. The van der Waals surface area contributed by atoms with Gasteiger partial charge in [0.25, 0.3) is 0 Å². The normalized spacial score (nSPS) is 10.3. The molecule has 4 nitrogen and oxygen atoms in total. The van der Waals surface area contributed by atoms with E-state index in [-0.39, 0.29) is 16.0 Å². The highest BCUT2D eigenvalue weighted by molar-refractivity contribution is 9.10. The van der Waals surface area contributed by atoms with Crippen molar-refractivity contribution in [3.8, 4) is 0 Å². The van der Waals surface area contributed by atoms with Gasteiger partial charge in [-0.1, -0.05) is 25.6 Å². The van der Waals surface area contributed by atoms with Gasteiger partial charge >= 0.3 is 0 Å². The molecule has 0 spiro atoms. The zero-order chi connectivity index (χ0) is 15.3. The fourth-order valence-electron chi connectivity index (χ4n) is 1.80. The van der Waals surface area contributed by atoms with Crippen LogP contribution in [0.25, 0.3) is 0 Å². The second-order valence-electron chi connectivity index (χ2n) is 4.37. The first kappa shape index (κ1) is 16.8. The van der Waals surface area contributed by atoms with E-state index in [2.05, 4.69) is 15.9 Å². The van der Waals surface area contributed by atoms with Gasteiger partial charge < -0.3 is 16.4 Å². The highest BCUT2D eigenvalue weighted by Gasteiger charge is 2.18. The number of nitrogens with zero attached hydrogens (tertiary/aromatic N) is 1. The quantitative estimate of drug-likeness (QED) is 0.731. The molecule has 0 atom stereocenters. The Morgan fingerprint density at radius 2 is 2.10 bits per heavy atom. The molecule has 0 saturated heterocycles. The number of primary amides is 1. The minimum atomic E-state index is -0.505. The Morgan fingerprint density at radius 1 is 1.45 bits per heavy atom. The van der Waals surface area contributed by atoms with E-state index in [4.69, 9.17) is 23.7 Å². The molecule has 0 heterocycles. The second-order valence-corrected chi connectivity index (χ2v) is 5.60. The Hall–Kier alpha value is -1.21. The fraction of sp³-hybridized carbons (Fsp3) is 0.385. The third-order valence-corrected chi connectivity index (χ3v) is 3.79. The molecule has 0 aliphatic rings. The molecule has 0 aromatic heterocycles. The highest BCUT2D eigenvalue weighted by Crippen LogP contribution is 2.29. The number of carbonyl (C=O) groups is 1. The van der Waals surface area contributed by atoms with E-state index in [1.165, 1.54) is 0 Å². The van der Waals surface area contributed by atoms with Crippen LogP contribution in [0.15, 0.2) is 16.6 Å². The standard InChI is InChI=1S/C13H17BrFN3OS/c1-2-3-6-18(7-10(16)19)9-5-4-8(13(17)20)11(14)12(9)15/h4-5H,2-3,6-7H2,1H3,(H2,16,19)(H2,17,20). The number of benzene rings is 1. The summed E-state index contributed by atoms with van der Waals surface area (Å²) in [6.45, 7) is 2.54. The Labute approximate surface area is 131 Å². The maximum absolute atomic E-state index is 14.4. The smallest absolute Gasteiger partial charge is 0.236 e. The number of thiocarbonyl (C=S) groups is 1. The number of amides is 1. The van der Waals surface area contributed by atoms with Gasteiger partial charge in [0.1, 0.15) is 4.99 Å². The molecule has 1 amide bonds. The van der Waals surface area contributed by atoms with E-state index >= 15 is 0 Å². The molecule has 0 unspecified atom stereocenters. The van der Waals surface area contributed by atoms with Gasteiger partial charge in [-0.2, -0.15) is 0 Å². The topological polar surface area (TPSA) is 72.3 Å². The number of carbonyl (C=O) groups excluding carboxylic acids is 1. The summed E-state index contributed by atoms with van der Waals surface area (Å²) in [6, 6.07) is 3.19. The second kappa shape index (κ2) is 7.54. The van der Waals surface area contributed by atoms with Crippen molar-refractivity contribution in [1.29, 1.82) is 0 Å². The molecule has 0 fully saturated rings. The van der Waals surface area contributed by atoms with Crippen molar-refractivity contribution < 1.29 is 9.18 Å². The highest BCUT2D eigenvalue weighted by atomic mass is 79.9. The van der Waals surface area contributed by atoms with Crippen LogP contribution in [0.2, 0.25) is 0 Å². The Morgan fingerprint density at radius 3 is 2.60 bits per heavy atom. The molecule has 0 bridgehead atoms. The number of halogens is 2. The molecular weight excluding hydrogens is 345 g/mol. The van der Waals surface area contributed by atoms with Crippen molar-refractivity contribution in [1.82, 2.24) is 0 Å². The van der Waals surface area contributed by atoms with Crippen molar-refractivity contribution in [3.63, 3.8) is 0 Å². The summed E-state index contributed by atoms with van der Waals surface area (Å²) in [5.41, 5.74) is 11.5. The summed E-state index contributed by atoms with van der Waals surface area (Å²) in [5.74, 6) is -0.997. The van der Waals surface area contributed by atoms with Gasteiger partial charge in [0.05, 0.1) is 16.7 Å². The lowest BCUT2D eigenvalue weighted by molar-refractivity contribution is -0.116. The lowest BCUT2D eigenvalue weighted by atomic mass is 10.1. The lowest BCUT2D eigenvalue weighted by Crippen LogP contribution is -2.35. The Bertz CT molecular complexity index is 525. The fourth-order valence-corrected chi connectivity index (χ4v) is 2.65. The van der Waals surface area contributed by atoms with Gasteiger partial charge in [-0.3, -0.25) is 4.79 Å². The van der Waals surface area contributed by atoms with Crippen molar-refractivity contribution in [2.24, 2.45) is 11.5 Å². The van der Waals surface area contributed by atoms with Crippen molar-refractivity contribution >= 4 is 44.7 Å². The number of anilines is 1. The van der Waals surface area contributed by atoms with Crippen LogP contribution >= 0.6 is 28.1 Å². The third kappa shape index (κ3) is 4.14. The average molecular weight is 362 g/mol. The van der Waals surface area contributed by atoms with Crippen LogP contribution in [0, 0.1) is 5.82 Å². The molecule has 4 N–H and O–H groups in total. The predicted molar refractivity (Wildman–Crippen MR) is 86.3 cm³/mol. The average Bonchev–Trinajstić information content (AvgIpc) is 2.37. The first-order valence-corrected chi connectivity index (χ1v) is 7.39. The van der Waals surface area contributed by atoms with Crippen LogP contribution in [0.5, 0.6) is 0 Å². The molecule has 1 aromatic rings. The van der Waals surface area contributed by atoms with Crippen LogP contribution in [-0.2, 0) is 4.79 Å². The summed E-state index contributed by atoms with van der Waals surface area (Å²) in [7, 11) is 0. The van der Waals surface area contributed by atoms with E-state index < -0.39 is 11.7 Å². The molecule has 1 rings (SSSR count). The number of hydrogen-bond donors (Lipinski definition) is 2. The van der Waals surface area contributed by atoms with Gasteiger partial charge in [0, 0.05) is 12.1 Å². The van der Waals surface area contributed by atoms with Crippen LogP contribution in [-0.4, -0.2) is 24.0 Å². The summed E-state index contributed by atoms with van der Waals surface area (Å²) in [4.78, 5) is 12.9. The molecule has 0 saturated carbocycles. The van der Waals surface area contributed by atoms with Crippen LogP contribution < -0.4 is 16.4 Å². The summed E-state index contributed by atoms with van der Waals surface area (Å²) in [5, 5.41) is 0. The van der Waals surface area contributed by atoms with Crippen LogP contribution in [0.3, 0.4) is 0 Å². The van der Waals surface area contributed by atoms with Crippen molar-refractivity contribution in [3.05, 3.63) is 28.0 Å². The molecule has 1 aromatic carbocycles. The van der Waals surface area contributed by atoms with E-state index in [1.807, 2.05) is 6.92 Å². The van der Waals surface area contributed by atoms with E-state index in [9.17, 15) is 9.18 Å². The lowest BCUT2D eigenvalue weighted by Gasteiger charge is -2.24. The van der Waals surface area contributed by atoms with Gasteiger partial charge in [-0.25, -0.2) is 4.39 Å². The predicted octanol–water partition coefficient (Wildman–Crippen LogP) is 2.31. The van der Waals surface area contributed by atoms with Crippen molar-refractivity contribution in [2.45, 2.75) is 19.8 Å². The van der Waals surface area contributed by atoms with Crippen LogP contribution in [0.4, 0.5) is 10.1 Å². The molecule has 0 radical (unpaired) electrons. The van der Waals surface area contributed by atoms with E-state index in [0.717, 1.165) is 12.8 Å². The minimum absolute atomic E-state index is 0.0320. The number of rotatable bonds is 7. The Balaban J connectivity index is 3.16. The third-order valence-electron chi connectivity index (χ3n) is 2.80. The minimum Gasteiger partial charge on any atom is -0.389 e. The monoisotopic (exact) mass is 361 g/mol. The zero-order valence-corrected chi connectivity index (χ0v) is 13.6. The molecular formula is C13H17BrFN3OS. The Kier molecular flexibility index (Phi) is 6.35. The largest absolute Gasteiger partial charge is 0.389 e. The first-order valence-electron chi connectivity index (χ1n) is 6.19. The van der Waals surface area contributed by atoms with E-state index in [0.29, 0.717) is 17.8 Å². The van der Waals surface area contributed by atoms with Gasteiger partial charge in [0.15, 0.2) is 5.82 Å². The van der Waals surface area contributed by atoms with Gasteiger partial charge in [-0.15, -0.1) is 0 Å².